The second-order valence-corrected chi connectivity index (χ2v) is 8.99. The van der Waals surface area contributed by atoms with Gasteiger partial charge in [-0.15, -0.1) is 16.4 Å². The number of thiophene rings is 1. The molecule has 5 N–H and O–H groups in total. The first-order valence-corrected chi connectivity index (χ1v) is 11.6. The van der Waals surface area contributed by atoms with Gasteiger partial charge in [0.2, 0.25) is 5.95 Å². The third-order valence-corrected chi connectivity index (χ3v) is 6.38. The number of hydrogen-bond acceptors (Lipinski definition) is 7. The summed E-state index contributed by atoms with van der Waals surface area (Å²) in [4.78, 5) is 29.7. The number of fused-ring (bicyclic) bond motifs is 1. The summed E-state index contributed by atoms with van der Waals surface area (Å²) in [7, 11) is 0. The van der Waals surface area contributed by atoms with Crippen LogP contribution in [0.25, 0.3) is 16.8 Å². The van der Waals surface area contributed by atoms with Crippen LogP contribution in [0.2, 0.25) is 0 Å². The molecule has 4 aromatic rings. The second-order valence-electron chi connectivity index (χ2n) is 8.08. The van der Waals surface area contributed by atoms with Gasteiger partial charge in [0.1, 0.15) is 11.9 Å². The third kappa shape index (κ3) is 5.70. The molecule has 4 rings (SSSR count). The molecule has 1 aromatic carbocycles. The molecule has 0 bridgehead atoms. The number of nitrogens with one attached hydrogen (secondary N) is 2. The minimum absolute atomic E-state index is 0.0843. The molecule has 0 saturated heterocycles. The Labute approximate surface area is 210 Å². The largest absolute Gasteiger partial charge is 0.410 e. The predicted molar refractivity (Wildman–Crippen MR) is 127 cm³/mol. The van der Waals surface area contributed by atoms with E-state index in [1.165, 1.54) is 24.4 Å². The first kappa shape index (κ1) is 26.0. The van der Waals surface area contributed by atoms with Crippen LogP contribution in [0.15, 0.2) is 48.0 Å². The highest BCUT2D eigenvalue weighted by Gasteiger charge is 2.40. The van der Waals surface area contributed by atoms with Gasteiger partial charge < -0.3 is 21.5 Å². The van der Waals surface area contributed by atoms with Crippen molar-refractivity contribution in [3.8, 4) is 11.1 Å². The van der Waals surface area contributed by atoms with Gasteiger partial charge in [0.25, 0.3) is 11.8 Å². The number of nitrogen functional groups attached to an aromatic ring is 1. The van der Waals surface area contributed by atoms with Crippen molar-refractivity contribution in [1.82, 2.24) is 25.2 Å². The van der Waals surface area contributed by atoms with Crippen LogP contribution in [-0.4, -0.2) is 50.3 Å². The number of amides is 2. The number of benzene rings is 1. The Hall–Kier alpha value is -4.04. The van der Waals surface area contributed by atoms with Crippen LogP contribution < -0.4 is 16.4 Å². The molecule has 0 unspecified atom stereocenters. The molecule has 0 radical (unpaired) electrons. The fourth-order valence-corrected chi connectivity index (χ4v) is 4.32. The molecule has 3 heterocycles. The Morgan fingerprint density at radius 2 is 1.84 bits per heavy atom. The SMILES string of the molecule is C[C@H](NC(=O)c1cc(-c2cc(C(=O)N[C@H](CO)C(F)(F)F)c3nc(N)nn3c2)cs1)c1ccc(F)cc1. The summed E-state index contributed by atoms with van der Waals surface area (Å²) in [6.45, 7) is 0.396. The number of aromatic nitrogens is 3. The normalized spacial score (nSPS) is 13.4. The molecule has 0 fully saturated rings. The summed E-state index contributed by atoms with van der Waals surface area (Å²) in [5.41, 5.74) is 6.84. The number of aliphatic hydroxyl groups is 1. The van der Waals surface area contributed by atoms with Crippen LogP contribution in [0.5, 0.6) is 0 Å². The molecular weight excluding hydrogens is 516 g/mol. The van der Waals surface area contributed by atoms with E-state index in [4.69, 9.17) is 10.8 Å². The lowest BCUT2D eigenvalue weighted by atomic mass is 10.1. The van der Waals surface area contributed by atoms with E-state index in [1.807, 2.05) is 0 Å². The maximum Gasteiger partial charge on any atom is 0.410 e. The van der Waals surface area contributed by atoms with Crippen LogP contribution in [-0.2, 0) is 0 Å². The number of hydrogen-bond donors (Lipinski definition) is 4. The van der Waals surface area contributed by atoms with E-state index < -0.39 is 42.5 Å². The summed E-state index contributed by atoms with van der Waals surface area (Å²) in [5, 5.41) is 19.2. The van der Waals surface area contributed by atoms with Crippen molar-refractivity contribution >= 4 is 34.7 Å². The number of nitrogens with zero attached hydrogens (tertiary/aromatic N) is 3. The molecule has 2 amide bonds. The van der Waals surface area contributed by atoms with E-state index in [-0.39, 0.29) is 17.2 Å². The number of aliphatic hydroxyl groups excluding tert-OH is 1. The molecule has 0 saturated carbocycles. The van der Waals surface area contributed by atoms with E-state index >= 15 is 0 Å². The Morgan fingerprint density at radius 3 is 2.49 bits per heavy atom. The summed E-state index contributed by atoms with van der Waals surface area (Å²) < 4.78 is 53.5. The number of nitrogens with two attached hydrogens (primary N) is 1. The van der Waals surface area contributed by atoms with Crippen LogP contribution >= 0.6 is 11.3 Å². The lowest BCUT2D eigenvalue weighted by molar-refractivity contribution is -0.161. The number of alkyl halides is 3. The summed E-state index contributed by atoms with van der Waals surface area (Å²) in [6, 6.07) is 5.66. The maximum absolute atomic E-state index is 13.2. The van der Waals surface area contributed by atoms with Gasteiger partial charge in [-0.2, -0.15) is 18.2 Å². The Balaban J connectivity index is 1.61. The highest BCUT2D eigenvalue weighted by Crippen LogP contribution is 2.29. The van der Waals surface area contributed by atoms with Crippen LogP contribution in [0, 0.1) is 5.82 Å². The van der Waals surface area contributed by atoms with Gasteiger partial charge in [-0.1, -0.05) is 12.1 Å². The summed E-state index contributed by atoms with van der Waals surface area (Å²) >= 11 is 1.11. The fraction of sp³-hybridized carbons (Fsp3) is 0.217. The average Bonchev–Trinajstić information content (AvgIpc) is 3.47. The molecule has 0 aliphatic heterocycles. The average molecular weight is 537 g/mol. The van der Waals surface area contributed by atoms with E-state index in [9.17, 15) is 27.2 Å². The van der Waals surface area contributed by atoms with Gasteiger partial charge in [-0.25, -0.2) is 8.91 Å². The van der Waals surface area contributed by atoms with Crippen LogP contribution in [0.1, 0.15) is 38.6 Å². The van der Waals surface area contributed by atoms with E-state index in [1.54, 1.807) is 35.8 Å². The molecule has 3 aromatic heterocycles. The molecule has 0 spiro atoms. The maximum atomic E-state index is 13.2. The van der Waals surface area contributed by atoms with Crippen LogP contribution in [0.4, 0.5) is 23.5 Å². The zero-order chi connectivity index (χ0) is 26.9. The number of pyridine rings is 1. The topological polar surface area (TPSA) is 135 Å². The van der Waals surface area contributed by atoms with Crippen molar-refractivity contribution in [1.29, 1.82) is 0 Å². The zero-order valence-electron chi connectivity index (χ0n) is 19.1. The van der Waals surface area contributed by atoms with Crippen molar-refractivity contribution in [2.45, 2.75) is 25.2 Å². The minimum Gasteiger partial charge on any atom is -0.394 e. The summed E-state index contributed by atoms with van der Waals surface area (Å²) in [5.74, 6) is -2.14. The molecule has 37 heavy (non-hydrogen) atoms. The van der Waals surface area contributed by atoms with Gasteiger partial charge in [-0.05, 0) is 47.7 Å². The van der Waals surface area contributed by atoms with Gasteiger partial charge in [0.05, 0.1) is 23.1 Å². The lowest BCUT2D eigenvalue weighted by Crippen LogP contribution is -2.47. The van der Waals surface area contributed by atoms with Crippen molar-refractivity contribution in [2.24, 2.45) is 0 Å². The summed E-state index contributed by atoms with van der Waals surface area (Å²) in [6.07, 6.45) is -3.40. The zero-order valence-corrected chi connectivity index (χ0v) is 19.9. The van der Waals surface area contributed by atoms with E-state index in [0.717, 1.165) is 15.9 Å². The van der Waals surface area contributed by atoms with Gasteiger partial charge in [-0.3, -0.25) is 9.59 Å². The molecule has 194 valence electrons. The Morgan fingerprint density at radius 1 is 1.14 bits per heavy atom. The first-order valence-electron chi connectivity index (χ1n) is 10.8. The standard InChI is InChI=1S/C23H20F4N6O3S/c1-11(12-2-4-15(24)5-3-12)29-21(36)17-7-14(10-37-17)13-6-16(19-31-22(28)32-33(19)8-13)20(35)30-18(9-34)23(25,26)27/h2-8,10-11,18,34H,9H2,1H3,(H2,28,32)(H,29,36)(H,30,35)/t11-,18+/m0/s1. The lowest BCUT2D eigenvalue weighted by Gasteiger charge is -2.19. The Kier molecular flexibility index (Phi) is 7.14. The van der Waals surface area contributed by atoms with Gasteiger partial charge >= 0.3 is 6.18 Å². The highest BCUT2D eigenvalue weighted by atomic mass is 32.1. The monoisotopic (exact) mass is 536 g/mol. The van der Waals surface area contributed by atoms with Crippen molar-refractivity contribution in [3.63, 3.8) is 0 Å². The molecular formula is C23H20F4N6O3S. The van der Waals surface area contributed by atoms with E-state index in [0.29, 0.717) is 21.6 Å². The van der Waals surface area contributed by atoms with E-state index in [2.05, 4.69) is 15.4 Å². The number of anilines is 1. The predicted octanol–water partition coefficient (Wildman–Crippen LogP) is 3.32. The number of rotatable bonds is 7. The van der Waals surface area contributed by atoms with Crippen molar-refractivity contribution in [3.05, 3.63) is 69.8 Å². The number of carbonyl (C=O) groups is 2. The Bertz CT molecular complexity index is 1450. The smallest absolute Gasteiger partial charge is 0.394 e. The van der Waals surface area contributed by atoms with Gasteiger partial charge in [0.15, 0.2) is 5.65 Å². The molecule has 14 heteroatoms. The van der Waals surface area contributed by atoms with Crippen molar-refractivity contribution < 1.29 is 32.3 Å². The fourth-order valence-electron chi connectivity index (χ4n) is 3.50. The van der Waals surface area contributed by atoms with Gasteiger partial charge in [0, 0.05) is 11.8 Å². The molecule has 2 atom stereocenters. The second kappa shape index (κ2) is 10.1. The third-order valence-electron chi connectivity index (χ3n) is 5.45. The first-order chi connectivity index (χ1) is 17.5. The number of carbonyl (C=O) groups excluding carboxylic acids is 2. The molecule has 0 aliphatic rings. The van der Waals surface area contributed by atoms with Crippen molar-refractivity contribution in [2.75, 3.05) is 12.3 Å². The molecule has 9 nitrogen and oxygen atoms in total. The minimum atomic E-state index is -4.87. The quantitative estimate of drug-likeness (QED) is 0.268. The van der Waals surface area contributed by atoms with Crippen LogP contribution in [0.3, 0.4) is 0 Å². The number of halogens is 4. The molecule has 0 aliphatic carbocycles. The highest BCUT2D eigenvalue weighted by molar-refractivity contribution is 7.12.